The van der Waals surface area contributed by atoms with Crippen LogP contribution in [0.1, 0.15) is 13.3 Å². The molecule has 3 rings (SSSR count). The van der Waals surface area contributed by atoms with E-state index in [9.17, 15) is 4.79 Å². The molecule has 0 saturated carbocycles. The summed E-state index contributed by atoms with van der Waals surface area (Å²) in [7, 11) is 0. The highest BCUT2D eigenvalue weighted by Gasteiger charge is 2.09. The molecule has 146 valence electrons. The highest BCUT2D eigenvalue weighted by atomic mass is 32.2. The smallest absolute Gasteiger partial charge is 0.226 e. The lowest BCUT2D eigenvalue weighted by atomic mass is 10.2. The van der Waals surface area contributed by atoms with Crippen molar-refractivity contribution in [2.75, 3.05) is 29.1 Å². The first kappa shape index (κ1) is 19.9. The zero-order valence-electron chi connectivity index (χ0n) is 15.2. The van der Waals surface area contributed by atoms with Gasteiger partial charge in [0, 0.05) is 29.2 Å². The number of anilines is 3. The number of ether oxygens (including phenoxy) is 1. The van der Waals surface area contributed by atoms with E-state index in [-0.39, 0.29) is 5.91 Å². The third kappa shape index (κ3) is 5.57. The van der Waals surface area contributed by atoms with Crippen molar-refractivity contribution in [1.29, 1.82) is 0 Å². The Morgan fingerprint density at radius 3 is 2.57 bits per heavy atom. The minimum atomic E-state index is -0.128. The normalized spacial score (nSPS) is 10.6. The number of rotatable bonds is 8. The first-order chi connectivity index (χ1) is 13.5. The number of benzene rings is 1. The van der Waals surface area contributed by atoms with Gasteiger partial charge >= 0.3 is 0 Å². The zero-order chi connectivity index (χ0) is 19.9. The first-order valence-corrected chi connectivity index (χ1v) is 10.4. The van der Waals surface area contributed by atoms with Gasteiger partial charge in [-0.2, -0.15) is 0 Å². The number of amides is 1. The van der Waals surface area contributed by atoms with Crippen molar-refractivity contribution < 1.29 is 9.53 Å². The Balaban J connectivity index is 1.50. The quantitative estimate of drug-likeness (QED) is 0.377. The second-order valence-electron chi connectivity index (χ2n) is 5.64. The molecule has 10 heteroatoms. The third-order valence-electron chi connectivity index (χ3n) is 3.52. The fourth-order valence-electron chi connectivity index (χ4n) is 2.30. The monoisotopic (exact) mass is 416 g/mol. The minimum absolute atomic E-state index is 0.128. The van der Waals surface area contributed by atoms with Crippen LogP contribution in [0, 0.1) is 0 Å². The number of thiazole rings is 1. The van der Waals surface area contributed by atoms with Gasteiger partial charge in [-0.25, -0.2) is 15.0 Å². The molecule has 5 N–H and O–H groups in total. The number of nitrogens with zero attached hydrogens (tertiary/aromatic N) is 3. The van der Waals surface area contributed by atoms with Gasteiger partial charge in [0.25, 0.3) is 0 Å². The lowest BCUT2D eigenvalue weighted by Gasteiger charge is -2.04. The maximum absolute atomic E-state index is 12.1. The Morgan fingerprint density at radius 1 is 1.18 bits per heavy atom. The summed E-state index contributed by atoms with van der Waals surface area (Å²) < 4.78 is 5.44. The number of nitrogens with one attached hydrogen (secondary N) is 1. The molecule has 0 saturated heterocycles. The average molecular weight is 417 g/mol. The van der Waals surface area contributed by atoms with Crippen molar-refractivity contribution in [3.05, 3.63) is 35.7 Å². The number of carbonyl (C=O) groups is 1. The summed E-state index contributed by atoms with van der Waals surface area (Å²) in [4.78, 5) is 24.7. The van der Waals surface area contributed by atoms with Gasteiger partial charge in [0.2, 0.25) is 5.91 Å². The van der Waals surface area contributed by atoms with Crippen LogP contribution in [0.15, 0.2) is 40.9 Å². The van der Waals surface area contributed by atoms with Gasteiger partial charge in [-0.1, -0.05) is 11.8 Å². The predicted molar refractivity (Wildman–Crippen MR) is 114 cm³/mol. The van der Waals surface area contributed by atoms with Crippen LogP contribution >= 0.6 is 23.1 Å². The van der Waals surface area contributed by atoms with Gasteiger partial charge in [0.15, 0.2) is 10.3 Å². The highest BCUT2D eigenvalue weighted by Crippen LogP contribution is 2.27. The molecular formula is C18H20N6O2S2. The van der Waals surface area contributed by atoms with Crippen LogP contribution in [0.4, 0.5) is 16.8 Å². The van der Waals surface area contributed by atoms with Crippen LogP contribution in [-0.4, -0.2) is 33.2 Å². The number of nitrogens with two attached hydrogens (primary N) is 2. The molecule has 0 aliphatic rings. The molecule has 0 aliphatic carbocycles. The van der Waals surface area contributed by atoms with Gasteiger partial charge in [-0.3, -0.25) is 4.79 Å². The lowest BCUT2D eigenvalue weighted by molar-refractivity contribution is -0.115. The fourth-order valence-corrected chi connectivity index (χ4v) is 3.84. The predicted octanol–water partition coefficient (Wildman–Crippen LogP) is 3.28. The Bertz CT molecular complexity index is 925. The molecule has 2 aromatic heterocycles. The summed E-state index contributed by atoms with van der Waals surface area (Å²) in [5, 5.41) is 5.73. The first-order valence-electron chi connectivity index (χ1n) is 8.55. The van der Waals surface area contributed by atoms with Crippen LogP contribution in [0.2, 0.25) is 0 Å². The molecule has 28 heavy (non-hydrogen) atoms. The molecule has 3 aromatic rings. The van der Waals surface area contributed by atoms with Gasteiger partial charge in [-0.05, 0) is 31.2 Å². The molecule has 2 heterocycles. The van der Waals surface area contributed by atoms with Crippen LogP contribution in [0.25, 0.3) is 11.3 Å². The number of thioether (sulfide) groups is 1. The molecule has 1 aromatic carbocycles. The summed E-state index contributed by atoms with van der Waals surface area (Å²) >= 11 is 2.71. The molecule has 1 amide bonds. The van der Waals surface area contributed by atoms with E-state index in [0.717, 1.165) is 17.0 Å². The van der Waals surface area contributed by atoms with E-state index in [1.807, 2.05) is 36.6 Å². The largest absolute Gasteiger partial charge is 0.494 e. The van der Waals surface area contributed by atoms with E-state index < -0.39 is 0 Å². The highest BCUT2D eigenvalue weighted by molar-refractivity contribution is 7.99. The summed E-state index contributed by atoms with van der Waals surface area (Å²) in [5.41, 5.74) is 13.0. The Kier molecular flexibility index (Phi) is 6.66. The van der Waals surface area contributed by atoms with Crippen LogP contribution in [0.3, 0.4) is 0 Å². The van der Waals surface area contributed by atoms with Gasteiger partial charge in [-0.15, -0.1) is 11.3 Å². The van der Waals surface area contributed by atoms with Crippen LogP contribution < -0.4 is 21.5 Å². The summed E-state index contributed by atoms with van der Waals surface area (Å²) in [6.45, 7) is 2.57. The second kappa shape index (κ2) is 9.38. The van der Waals surface area contributed by atoms with Crippen molar-refractivity contribution in [3.63, 3.8) is 0 Å². The van der Waals surface area contributed by atoms with Crippen molar-refractivity contribution >= 4 is 45.8 Å². The fraction of sp³-hybridized carbons (Fsp3) is 0.222. The van der Waals surface area contributed by atoms with Crippen LogP contribution in [0.5, 0.6) is 5.75 Å². The summed E-state index contributed by atoms with van der Waals surface area (Å²) in [5.74, 6) is 1.81. The maximum Gasteiger partial charge on any atom is 0.226 e. The van der Waals surface area contributed by atoms with E-state index in [1.165, 1.54) is 29.2 Å². The number of nitrogen functional groups attached to an aromatic ring is 2. The third-order valence-corrected chi connectivity index (χ3v) is 5.12. The SMILES string of the molecule is CCOc1ccc(-c2csc(NC(=O)CCSc3nc(N)cc(N)n3)n2)cc1. The number of hydrogen-bond acceptors (Lipinski definition) is 9. The molecule has 0 fully saturated rings. The van der Waals surface area contributed by atoms with Gasteiger partial charge in [0.1, 0.15) is 17.4 Å². The van der Waals surface area contributed by atoms with Gasteiger partial charge < -0.3 is 21.5 Å². The number of carbonyl (C=O) groups excluding carboxylic acids is 1. The standard InChI is InChI=1S/C18H20N6O2S2/c1-2-26-12-5-3-11(4-6-12)13-10-28-17(21-13)24-16(25)7-8-27-18-22-14(19)9-15(20)23-18/h3-6,9-10H,2,7-8H2,1H3,(H,21,24,25)(H4,19,20,22,23). The summed E-state index contributed by atoms with van der Waals surface area (Å²) in [6.07, 6.45) is 0.292. The van der Waals surface area contributed by atoms with Crippen molar-refractivity contribution in [2.45, 2.75) is 18.5 Å². The topological polar surface area (TPSA) is 129 Å². The van der Waals surface area contributed by atoms with E-state index >= 15 is 0 Å². The molecule has 0 unspecified atom stereocenters. The van der Waals surface area contributed by atoms with E-state index in [0.29, 0.717) is 40.7 Å². The second-order valence-corrected chi connectivity index (χ2v) is 7.56. The number of aromatic nitrogens is 3. The number of hydrogen-bond donors (Lipinski definition) is 3. The molecule has 0 radical (unpaired) electrons. The average Bonchev–Trinajstić information content (AvgIpc) is 3.10. The summed E-state index contributed by atoms with van der Waals surface area (Å²) in [6, 6.07) is 9.18. The van der Waals surface area contributed by atoms with Crippen LogP contribution in [-0.2, 0) is 4.79 Å². The molecule has 8 nitrogen and oxygen atoms in total. The molecule has 0 bridgehead atoms. The zero-order valence-corrected chi connectivity index (χ0v) is 16.8. The maximum atomic E-state index is 12.1. The molecule has 0 spiro atoms. The van der Waals surface area contributed by atoms with Crippen molar-refractivity contribution in [3.8, 4) is 17.0 Å². The Morgan fingerprint density at radius 2 is 1.89 bits per heavy atom. The van der Waals surface area contributed by atoms with E-state index in [2.05, 4.69) is 20.3 Å². The van der Waals surface area contributed by atoms with E-state index in [1.54, 1.807) is 0 Å². The molecular weight excluding hydrogens is 396 g/mol. The van der Waals surface area contributed by atoms with Crippen molar-refractivity contribution in [1.82, 2.24) is 15.0 Å². The lowest BCUT2D eigenvalue weighted by Crippen LogP contribution is -2.12. The van der Waals surface area contributed by atoms with E-state index in [4.69, 9.17) is 16.2 Å². The minimum Gasteiger partial charge on any atom is -0.494 e. The Labute approximate surface area is 170 Å². The molecule has 0 aliphatic heterocycles. The van der Waals surface area contributed by atoms with Gasteiger partial charge in [0.05, 0.1) is 12.3 Å². The Hall–Kier alpha value is -2.85. The van der Waals surface area contributed by atoms with Crippen molar-refractivity contribution in [2.24, 2.45) is 0 Å². The molecule has 0 atom stereocenters.